The Morgan fingerprint density at radius 3 is 2.33 bits per heavy atom. The third kappa shape index (κ3) is 5.26. The van der Waals surface area contributed by atoms with E-state index in [1.165, 1.54) is 4.90 Å². The normalized spacial score (nSPS) is 11.6. The molecule has 2 N–H and O–H groups in total. The van der Waals surface area contributed by atoms with Gasteiger partial charge in [-0.1, -0.05) is 30.3 Å². The molecule has 1 aromatic heterocycles. The van der Waals surface area contributed by atoms with Crippen LogP contribution in [0.25, 0.3) is 0 Å². The van der Waals surface area contributed by atoms with Crippen molar-refractivity contribution in [2.75, 3.05) is 17.3 Å². The van der Waals surface area contributed by atoms with E-state index in [1.54, 1.807) is 19.4 Å². The molecule has 0 fully saturated rings. The van der Waals surface area contributed by atoms with E-state index < -0.39 is 0 Å². The molecule has 0 aliphatic heterocycles. The number of carbonyl (C=O) groups is 1. The van der Waals surface area contributed by atoms with Gasteiger partial charge in [-0.2, -0.15) is 4.98 Å². The van der Waals surface area contributed by atoms with E-state index in [2.05, 4.69) is 20.6 Å². The highest BCUT2D eigenvalue weighted by molar-refractivity contribution is 5.98. The van der Waals surface area contributed by atoms with E-state index in [0.717, 1.165) is 5.56 Å². The van der Waals surface area contributed by atoms with Gasteiger partial charge in [0.15, 0.2) is 0 Å². The molecule has 2 amide bonds. The van der Waals surface area contributed by atoms with Crippen LogP contribution in [0.1, 0.15) is 32.4 Å². The van der Waals surface area contributed by atoms with Crippen molar-refractivity contribution in [2.45, 2.75) is 32.9 Å². The average molecular weight is 406 g/mol. The molecule has 30 heavy (non-hydrogen) atoms. The summed E-state index contributed by atoms with van der Waals surface area (Å²) < 4.78 is 5.23. The summed E-state index contributed by atoms with van der Waals surface area (Å²) >= 11 is 0. The zero-order chi connectivity index (χ0) is 21.5. The molecule has 2 aromatic carbocycles. The fourth-order valence-electron chi connectivity index (χ4n) is 2.96. The first kappa shape index (κ1) is 21.1. The lowest BCUT2D eigenvalue weighted by atomic mass is 10.1. The SMILES string of the molecule is COc1ccc(N(C(=O)NC(C)C)c2ccnc(N[C@@H](C)c3ccccc3)n2)cc1. The maximum atomic E-state index is 13.0. The fraction of sp³-hybridized carbons (Fsp3) is 0.261. The molecule has 7 nitrogen and oxygen atoms in total. The number of nitrogens with one attached hydrogen (secondary N) is 2. The van der Waals surface area contributed by atoms with Gasteiger partial charge in [-0.15, -0.1) is 0 Å². The number of hydrogen-bond acceptors (Lipinski definition) is 5. The van der Waals surface area contributed by atoms with Crippen LogP contribution in [0.4, 0.5) is 22.2 Å². The van der Waals surface area contributed by atoms with Crippen molar-refractivity contribution < 1.29 is 9.53 Å². The average Bonchev–Trinajstić information content (AvgIpc) is 2.75. The zero-order valence-electron chi connectivity index (χ0n) is 17.7. The molecule has 0 saturated heterocycles. The number of carbonyl (C=O) groups excluding carboxylic acids is 1. The number of nitrogens with zero attached hydrogens (tertiary/aromatic N) is 3. The van der Waals surface area contributed by atoms with Gasteiger partial charge in [0.05, 0.1) is 18.8 Å². The second-order valence-corrected chi connectivity index (χ2v) is 7.15. The third-order valence-corrected chi connectivity index (χ3v) is 4.46. The van der Waals surface area contributed by atoms with Crippen molar-refractivity contribution >= 4 is 23.5 Å². The van der Waals surface area contributed by atoms with E-state index >= 15 is 0 Å². The van der Waals surface area contributed by atoms with Gasteiger partial charge in [0.2, 0.25) is 5.95 Å². The second-order valence-electron chi connectivity index (χ2n) is 7.15. The highest BCUT2D eigenvalue weighted by Crippen LogP contribution is 2.27. The molecule has 0 bridgehead atoms. The van der Waals surface area contributed by atoms with Crippen molar-refractivity contribution in [3.63, 3.8) is 0 Å². The van der Waals surface area contributed by atoms with Crippen LogP contribution in [-0.2, 0) is 0 Å². The number of urea groups is 1. The van der Waals surface area contributed by atoms with Crippen LogP contribution in [-0.4, -0.2) is 29.2 Å². The van der Waals surface area contributed by atoms with Crippen LogP contribution in [0.5, 0.6) is 5.75 Å². The van der Waals surface area contributed by atoms with E-state index in [9.17, 15) is 4.79 Å². The van der Waals surface area contributed by atoms with Crippen molar-refractivity contribution in [3.8, 4) is 5.75 Å². The Balaban J connectivity index is 1.90. The van der Waals surface area contributed by atoms with Crippen LogP contribution in [0.2, 0.25) is 0 Å². The molecule has 0 aliphatic carbocycles. The largest absolute Gasteiger partial charge is 0.497 e. The molecule has 156 valence electrons. The number of methoxy groups -OCH3 is 1. The summed E-state index contributed by atoms with van der Waals surface area (Å²) in [6, 6.07) is 18.7. The highest BCUT2D eigenvalue weighted by Gasteiger charge is 2.21. The predicted octanol–water partition coefficient (Wildman–Crippen LogP) is 4.91. The molecular weight excluding hydrogens is 378 g/mol. The van der Waals surface area contributed by atoms with Crippen LogP contribution >= 0.6 is 0 Å². The summed E-state index contributed by atoms with van der Waals surface area (Å²) in [6.45, 7) is 5.87. The predicted molar refractivity (Wildman–Crippen MR) is 119 cm³/mol. The summed E-state index contributed by atoms with van der Waals surface area (Å²) in [6.07, 6.45) is 1.64. The van der Waals surface area contributed by atoms with Gasteiger partial charge in [0.1, 0.15) is 11.6 Å². The van der Waals surface area contributed by atoms with Gasteiger partial charge in [0.25, 0.3) is 0 Å². The Labute approximate surface area is 177 Å². The van der Waals surface area contributed by atoms with Crippen molar-refractivity contribution in [1.29, 1.82) is 0 Å². The van der Waals surface area contributed by atoms with E-state index in [4.69, 9.17) is 4.74 Å². The molecule has 3 aromatic rings. The van der Waals surface area contributed by atoms with Crippen molar-refractivity contribution in [2.24, 2.45) is 0 Å². The van der Waals surface area contributed by atoms with Crippen LogP contribution in [0.3, 0.4) is 0 Å². The number of benzene rings is 2. The van der Waals surface area contributed by atoms with E-state index in [1.807, 2.05) is 75.4 Å². The molecule has 0 saturated carbocycles. The first-order chi connectivity index (χ1) is 14.5. The minimum atomic E-state index is -0.268. The highest BCUT2D eigenvalue weighted by atomic mass is 16.5. The molecule has 0 radical (unpaired) electrons. The van der Waals surface area contributed by atoms with E-state index in [0.29, 0.717) is 23.2 Å². The lowest BCUT2D eigenvalue weighted by Crippen LogP contribution is -2.41. The van der Waals surface area contributed by atoms with Gasteiger partial charge >= 0.3 is 6.03 Å². The van der Waals surface area contributed by atoms with Gasteiger partial charge in [-0.05, 0) is 50.6 Å². The minimum absolute atomic E-state index is 0.0142. The Morgan fingerprint density at radius 1 is 1.00 bits per heavy atom. The van der Waals surface area contributed by atoms with Gasteiger partial charge in [0, 0.05) is 18.3 Å². The molecule has 0 aliphatic rings. The molecule has 0 spiro atoms. The first-order valence-electron chi connectivity index (χ1n) is 9.87. The standard InChI is InChI=1S/C23H27N5O2/c1-16(2)25-23(29)28(19-10-12-20(30-4)13-11-19)21-14-15-24-22(27-21)26-17(3)18-8-6-5-7-9-18/h5-17H,1-4H3,(H,25,29)(H,24,26,27)/t17-/m0/s1. The summed E-state index contributed by atoms with van der Waals surface area (Å²) in [5, 5.41) is 6.23. The van der Waals surface area contributed by atoms with Gasteiger partial charge in [-0.25, -0.2) is 14.7 Å². The number of hydrogen-bond donors (Lipinski definition) is 2. The molecule has 1 heterocycles. The quantitative estimate of drug-likeness (QED) is 0.584. The van der Waals surface area contributed by atoms with E-state index in [-0.39, 0.29) is 18.1 Å². The maximum Gasteiger partial charge on any atom is 0.327 e. The monoisotopic (exact) mass is 405 g/mol. The molecule has 0 unspecified atom stereocenters. The fourth-order valence-corrected chi connectivity index (χ4v) is 2.96. The first-order valence-corrected chi connectivity index (χ1v) is 9.87. The topological polar surface area (TPSA) is 79.4 Å². The Hall–Kier alpha value is -3.61. The third-order valence-electron chi connectivity index (χ3n) is 4.46. The minimum Gasteiger partial charge on any atom is -0.497 e. The van der Waals surface area contributed by atoms with Crippen LogP contribution in [0, 0.1) is 0 Å². The Bertz CT molecular complexity index is 961. The number of anilines is 3. The molecule has 7 heteroatoms. The molecule has 3 rings (SSSR count). The number of rotatable bonds is 7. The number of aromatic nitrogens is 2. The Kier molecular flexibility index (Phi) is 6.85. The van der Waals surface area contributed by atoms with Crippen LogP contribution in [0.15, 0.2) is 66.9 Å². The van der Waals surface area contributed by atoms with Crippen molar-refractivity contribution in [1.82, 2.24) is 15.3 Å². The second kappa shape index (κ2) is 9.73. The summed E-state index contributed by atoms with van der Waals surface area (Å²) in [4.78, 5) is 23.4. The lowest BCUT2D eigenvalue weighted by molar-refractivity contribution is 0.246. The number of ether oxygens (including phenoxy) is 1. The van der Waals surface area contributed by atoms with Gasteiger partial charge < -0.3 is 15.4 Å². The zero-order valence-corrected chi connectivity index (χ0v) is 17.7. The lowest BCUT2D eigenvalue weighted by Gasteiger charge is -2.24. The Morgan fingerprint density at radius 2 is 1.70 bits per heavy atom. The number of amides is 2. The van der Waals surface area contributed by atoms with Crippen molar-refractivity contribution in [3.05, 3.63) is 72.4 Å². The summed E-state index contributed by atoms with van der Waals surface area (Å²) in [5.41, 5.74) is 1.80. The maximum absolute atomic E-state index is 13.0. The summed E-state index contributed by atoms with van der Waals surface area (Å²) in [7, 11) is 1.61. The van der Waals surface area contributed by atoms with Gasteiger partial charge in [-0.3, -0.25) is 0 Å². The summed E-state index contributed by atoms with van der Waals surface area (Å²) in [5.74, 6) is 1.63. The molecule has 1 atom stereocenters. The van der Waals surface area contributed by atoms with Crippen LogP contribution < -0.4 is 20.3 Å². The smallest absolute Gasteiger partial charge is 0.327 e. The molecular formula is C23H27N5O2.